The van der Waals surface area contributed by atoms with Gasteiger partial charge in [0.05, 0.1) is 6.54 Å². The molecule has 0 aliphatic carbocycles. The third-order valence-electron chi connectivity index (χ3n) is 3.42. The van der Waals surface area contributed by atoms with Gasteiger partial charge in [0.2, 0.25) is 0 Å². The largest absolute Gasteiger partial charge is 0.485 e. The number of hydrogen-bond acceptors (Lipinski definition) is 4. The van der Waals surface area contributed by atoms with Gasteiger partial charge in [0.25, 0.3) is 0 Å². The van der Waals surface area contributed by atoms with E-state index in [1.807, 2.05) is 6.92 Å². The van der Waals surface area contributed by atoms with Crippen molar-refractivity contribution in [3.8, 4) is 11.5 Å². The van der Waals surface area contributed by atoms with Gasteiger partial charge in [-0.3, -0.25) is 4.99 Å². The molecule has 0 saturated carbocycles. The molecule has 3 rings (SSSR count). The molecule has 2 aliphatic heterocycles. The highest BCUT2D eigenvalue weighted by Gasteiger charge is 2.30. The molecule has 0 amide bonds. The third-order valence-corrected chi connectivity index (χ3v) is 3.42. The molecule has 7 heteroatoms. The maximum absolute atomic E-state index is 5.96. The van der Waals surface area contributed by atoms with Crippen molar-refractivity contribution in [1.82, 2.24) is 5.32 Å². The third kappa shape index (κ3) is 1.92. The summed E-state index contributed by atoms with van der Waals surface area (Å²) in [4.78, 5) is 4.33. The molecule has 1 aromatic rings. The summed E-state index contributed by atoms with van der Waals surface area (Å²) >= 11 is 0. The van der Waals surface area contributed by atoms with Gasteiger partial charge in [-0.15, -0.1) is 5.46 Å². The van der Waals surface area contributed by atoms with Crippen LogP contribution in [-0.4, -0.2) is 55.2 Å². The van der Waals surface area contributed by atoms with Crippen molar-refractivity contribution in [2.75, 3.05) is 19.7 Å². The average molecular weight is 248 g/mol. The van der Waals surface area contributed by atoms with Crippen LogP contribution in [0.3, 0.4) is 0 Å². The number of fused-ring (bicyclic) bond motifs is 1. The van der Waals surface area contributed by atoms with Crippen LogP contribution in [0.1, 0.15) is 5.56 Å². The molecule has 19 heavy (non-hydrogen) atoms. The van der Waals surface area contributed by atoms with Crippen LogP contribution in [0, 0.1) is 6.92 Å². The van der Waals surface area contributed by atoms with Crippen molar-refractivity contribution < 1.29 is 9.47 Å². The fourth-order valence-corrected chi connectivity index (χ4v) is 2.28. The van der Waals surface area contributed by atoms with Crippen molar-refractivity contribution in [2.24, 2.45) is 4.99 Å². The Kier molecular flexibility index (Phi) is 2.99. The number of rotatable bonds is 1. The van der Waals surface area contributed by atoms with Crippen LogP contribution in [0.4, 0.5) is 0 Å². The molecule has 4 nitrogen and oxygen atoms in total. The molecule has 0 aromatic heterocycles. The highest BCUT2D eigenvalue weighted by atomic mass is 16.6. The smallest absolute Gasteiger partial charge is 0.189 e. The van der Waals surface area contributed by atoms with E-state index >= 15 is 0 Å². The monoisotopic (exact) mass is 248 g/mol. The van der Waals surface area contributed by atoms with E-state index in [2.05, 4.69) is 10.3 Å². The standard InChI is InChI=1S/C12H11B3N2O2/c1-5-7(13)8(14)9(15)11-10(5)18-4-6(19-11)12-16-2-3-17-12/h6H,2-4H2,1H3,(H,16,17). The van der Waals surface area contributed by atoms with Gasteiger partial charge in [0, 0.05) is 6.54 Å². The van der Waals surface area contributed by atoms with Crippen LogP contribution in [-0.2, 0) is 0 Å². The van der Waals surface area contributed by atoms with Crippen LogP contribution >= 0.6 is 0 Å². The quantitative estimate of drug-likeness (QED) is 0.559. The first-order valence-electron chi connectivity index (χ1n) is 6.14. The summed E-state index contributed by atoms with van der Waals surface area (Å²) in [7, 11) is 17.7. The Hall–Kier alpha value is -1.52. The van der Waals surface area contributed by atoms with Crippen LogP contribution in [0.25, 0.3) is 0 Å². The molecule has 6 radical (unpaired) electrons. The minimum absolute atomic E-state index is 0.278. The van der Waals surface area contributed by atoms with E-state index in [0.717, 1.165) is 24.5 Å². The molecule has 0 fully saturated rings. The Morgan fingerprint density at radius 2 is 1.95 bits per heavy atom. The van der Waals surface area contributed by atoms with E-state index in [0.29, 0.717) is 34.5 Å². The van der Waals surface area contributed by atoms with Crippen molar-refractivity contribution in [2.45, 2.75) is 13.0 Å². The zero-order valence-corrected chi connectivity index (χ0v) is 10.7. The Balaban J connectivity index is 2.01. The van der Waals surface area contributed by atoms with Crippen molar-refractivity contribution in [3.05, 3.63) is 5.56 Å². The van der Waals surface area contributed by atoms with Gasteiger partial charge in [-0.25, -0.2) is 0 Å². The van der Waals surface area contributed by atoms with E-state index < -0.39 is 0 Å². The lowest BCUT2D eigenvalue weighted by Gasteiger charge is -2.31. The van der Waals surface area contributed by atoms with Crippen LogP contribution in [0.2, 0.25) is 0 Å². The molecule has 90 valence electrons. The second-order valence-corrected chi connectivity index (χ2v) is 4.64. The van der Waals surface area contributed by atoms with Crippen LogP contribution in [0.15, 0.2) is 4.99 Å². The van der Waals surface area contributed by atoms with E-state index in [-0.39, 0.29) is 6.10 Å². The summed E-state index contributed by atoms with van der Waals surface area (Å²) in [6.45, 7) is 3.78. The molecule has 2 aliphatic rings. The van der Waals surface area contributed by atoms with Crippen molar-refractivity contribution in [3.63, 3.8) is 0 Å². The summed E-state index contributed by atoms with van der Waals surface area (Å²) in [5.74, 6) is 1.81. The Morgan fingerprint density at radius 3 is 2.63 bits per heavy atom. The van der Waals surface area contributed by atoms with E-state index in [1.54, 1.807) is 0 Å². The number of aliphatic imine (C=N–C) groups is 1. The molecular formula is C12H11B3N2O2. The Morgan fingerprint density at radius 1 is 1.16 bits per heavy atom. The number of nitrogens with zero attached hydrogens (tertiary/aromatic N) is 1. The molecule has 1 unspecified atom stereocenters. The molecule has 2 heterocycles. The highest BCUT2D eigenvalue weighted by Crippen LogP contribution is 2.31. The van der Waals surface area contributed by atoms with E-state index in [1.165, 1.54) is 0 Å². The van der Waals surface area contributed by atoms with Gasteiger partial charge in [0.15, 0.2) is 17.6 Å². The fourth-order valence-electron chi connectivity index (χ4n) is 2.28. The Bertz CT molecular complexity index is 575. The SMILES string of the molecule is [B]c1c([B])c(C)c2c(c1[B])OC(C1=NCCN1)CO2. The minimum Gasteiger partial charge on any atom is -0.485 e. The predicted octanol–water partition coefficient (Wildman–Crippen LogP) is -2.48. The maximum Gasteiger partial charge on any atom is 0.189 e. The summed E-state index contributed by atoms with van der Waals surface area (Å²) in [6.07, 6.45) is -0.278. The lowest BCUT2D eigenvalue weighted by atomic mass is 9.69. The number of nitrogens with one attached hydrogen (secondary N) is 1. The minimum atomic E-state index is -0.278. The maximum atomic E-state index is 5.96. The molecule has 0 saturated heterocycles. The summed E-state index contributed by atoms with van der Waals surface area (Å²) in [5.41, 5.74) is 1.85. The van der Waals surface area contributed by atoms with Gasteiger partial charge in [-0.1, -0.05) is 10.9 Å². The second-order valence-electron chi connectivity index (χ2n) is 4.64. The first kappa shape index (κ1) is 12.5. The Labute approximate surface area is 116 Å². The van der Waals surface area contributed by atoms with Crippen molar-refractivity contribution >= 4 is 45.8 Å². The molecule has 1 N–H and O–H groups in total. The molecule has 1 atom stereocenters. The summed E-state index contributed by atoms with van der Waals surface area (Å²) in [6, 6.07) is 0. The first-order chi connectivity index (χ1) is 9.09. The van der Waals surface area contributed by atoms with Crippen LogP contribution in [0.5, 0.6) is 11.5 Å². The van der Waals surface area contributed by atoms with Gasteiger partial charge < -0.3 is 14.8 Å². The van der Waals surface area contributed by atoms with Crippen LogP contribution < -0.4 is 31.2 Å². The number of hydrogen-bond donors (Lipinski definition) is 1. The normalized spacial score (nSPS) is 20.9. The van der Waals surface area contributed by atoms with Gasteiger partial charge in [0.1, 0.15) is 36.0 Å². The number of ether oxygens (including phenoxy) is 2. The topological polar surface area (TPSA) is 42.8 Å². The number of benzene rings is 1. The highest BCUT2D eigenvalue weighted by molar-refractivity contribution is 6.58. The fraction of sp³-hybridized carbons (Fsp3) is 0.417. The average Bonchev–Trinajstić information content (AvgIpc) is 2.96. The molecule has 1 aromatic carbocycles. The van der Waals surface area contributed by atoms with Gasteiger partial charge in [-0.05, 0) is 12.5 Å². The zero-order valence-electron chi connectivity index (χ0n) is 10.7. The molecular weight excluding hydrogens is 237 g/mol. The van der Waals surface area contributed by atoms with Gasteiger partial charge >= 0.3 is 0 Å². The summed E-state index contributed by atoms with van der Waals surface area (Å²) in [5, 5.41) is 3.17. The lowest BCUT2D eigenvalue weighted by molar-refractivity contribution is 0.134. The summed E-state index contributed by atoms with van der Waals surface area (Å²) < 4.78 is 11.6. The number of amidine groups is 1. The molecule has 0 bridgehead atoms. The van der Waals surface area contributed by atoms with E-state index in [9.17, 15) is 0 Å². The molecule has 0 spiro atoms. The zero-order chi connectivity index (χ0) is 13.6. The second kappa shape index (κ2) is 4.55. The van der Waals surface area contributed by atoms with Gasteiger partial charge in [-0.2, -0.15) is 0 Å². The predicted molar refractivity (Wildman–Crippen MR) is 77.6 cm³/mol. The lowest BCUT2D eigenvalue weighted by Crippen LogP contribution is -2.48. The first-order valence-corrected chi connectivity index (χ1v) is 6.14. The van der Waals surface area contributed by atoms with Crippen molar-refractivity contribution in [1.29, 1.82) is 0 Å². The van der Waals surface area contributed by atoms with E-state index in [4.69, 9.17) is 33.0 Å².